The van der Waals surface area contributed by atoms with Gasteiger partial charge in [-0.2, -0.15) is 5.26 Å². The van der Waals surface area contributed by atoms with Crippen molar-refractivity contribution in [3.8, 4) is 6.07 Å². The Labute approximate surface area is 132 Å². The summed E-state index contributed by atoms with van der Waals surface area (Å²) >= 11 is 11.7. The van der Waals surface area contributed by atoms with Crippen LogP contribution < -0.4 is 5.32 Å². The SMILES string of the molecule is N#C[C@H](Cc1cccnc1)C(=O)Nc1ccc(Cl)c(Cl)c1. The number of carbonyl (C=O) groups is 1. The van der Waals surface area contributed by atoms with E-state index < -0.39 is 5.92 Å². The van der Waals surface area contributed by atoms with E-state index in [0.29, 0.717) is 22.2 Å². The van der Waals surface area contributed by atoms with Crippen molar-refractivity contribution in [2.45, 2.75) is 6.42 Å². The summed E-state index contributed by atoms with van der Waals surface area (Å²) in [6.45, 7) is 0. The van der Waals surface area contributed by atoms with Crippen LogP contribution >= 0.6 is 23.2 Å². The maximum Gasteiger partial charge on any atom is 0.242 e. The third-order valence-corrected chi connectivity index (χ3v) is 3.56. The van der Waals surface area contributed by atoms with Crippen molar-refractivity contribution in [3.63, 3.8) is 0 Å². The Morgan fingerprint density at radius 2 is 2.14 bits per heavy atom. The molecule has 0 aliphatic rings. The number of pyridine rings is 1. The lowest BCUT2D eigenvalue weighted by molar-refractivity contribution is -0.118. The molecule has 0 unspecified atom stereocenters. The van der Waals surface area contributed by atoms with E-state index in [4.69, 9.17) is 28.5 Å². The first-order chi connectivity index (χ1) is 10.1. The molecule has 1 atom stereocenters. The van der Waals surface area contributed by atoms with Crippen LogP contribution in [0.2, 0.25) is 10.0 Å². The number of carbonyl (C=O) groups excluding carboxylic acids is 1. The number of nitriles is 1. The molecule has 0 bridgehead atoms. The Morgan fingerprint density at radius 3 is 2.76 bits per heavy atom. The maximum absolute atomic E-state index is 12.1. The Balaban J connectivity index is 2.07. The van der Waals surface area contributed by atoms with Crippen LogP contribution in [0.3, 0.4) is 0 Å². The second kappa shape index (κ2) is 7.07. The molecule has 0 spiro atoms. The minimum atomic E-state index is -0.802. The minimum Gasteiger partial charge on any atom is -0.325 e. The van der Waals surface area contributed by atoms with Gasteiger partial charge in [-0.15, -0.1) is 0 Å². The van der Waals surface area contributed by atoms with Gasteiger partial charge in [-0.1, -0.05) is 29.3 Å². The molecule has 106 valence electrons. The quantitative estimate of drug-likeness (QED) is 0.934. The summed E-state index contributed by atoms with van der Waals surface area (Å²) in [4.78, 5) is 16.1. The average molecular weight is 320 g/mol. The third-order valence-electron chi connectivity index (χ3n) is 2.82. The molecular formula is C15H11Cl2N3O. The first-order valence-electron chi connectivity index (χ1n) is 6.14. The topological polar surface area (TPSA) is 65.8 Å². The average Bonchev–Trinajstić information content (AvgIpc) is 2.49. The Morgan fingerprint density at radius 1 is 1.33 bits per heavy atom. The fourth-order valence-corrected chi connectivity index (χ4v) is 2.05. The summed E-state index contributed by atoms with van der Waals surface area (Å²) in [6.07, 6.45) is 3.58. The van der Waals surface area contributed by atoms with Gasteiger partial charge in [0.2, 0.25) is 5.91 Å². The van der Waals surface area contributed by atoms with Gasteiger partial charge in [0.1, 0.15) is 5.92 Å². The summed E-state index contributed by atoms with van der Waals surface area (Å²) in [7, 11) is 0. The minimum absolute atomic E-state index is 0.303. The van der Waals surface area contributed by atoms with Gasteiger partial charge in [0.05, 0.1) is 16.1 Å². The lowest BCUT2D eigenvalue weighted by Gasteiger charge is -2.10. The fraction of sp³-hybridized carbons (Fsp3) is 0.133. The molecule has 1 aromatic carbocycles. The molecule has 0 aliphatic carbocycles. The number of nitrogens with zero attached hydrogens (tertiary/aromatic N) is 2. The number of aromatic nitrogens is 1. The summed E-state index contributed by atoms with van der Waals surface area (Å²) in [5.74, 6) is -1.19. The normalized spacial score (nSPS) is 11.5. The number of halogens is 2. The molecule has 4 nitrogen and oxygen atoms in total. The Bertz CT molecular complexity index is 683. The van der Waals surface area contributed by atoms with Crippen LogP contribution in [0.4, 0.5) is 5.69 Å². The van der Waals surface area contributed by atoms with E-state index in [2.05, 4.69) is 10.3 Å². The number of rotatable bonds is 4. The first kappa shape index (κ1) is 15.3. The summed E-state index contributed by atoms with van der Waals surface area (Å²) in [5, 5.41) is 12.6. The summed E-state index contributed by atoms with van der Waals surface area (Å²) < 4.78 is 0. The molecule has 21 heavy (non-hydrogen) atoms. The molecule has 1 aromatic heterocycles. The molecule has 0 fully saturated rings. The number of hydrogen-bond donors (Lipinski definition) is 1. The summed E-state index contributed by atoms with van der Waals surface area (Å²) in [5.41, 5.74) is 1.33. The highest BCUT2D eigenvalue weighted by molar-refractivity contribution is 6.42. The molecular weight excluding hydrogens is 309 g/mol. The molecule has 2 rings (SSSR count). The molecule has 0 saturated heterocycles. The molecule has 1 heterocycles. The van der Waals surface area contributed by atoms with E-state index in [9.17, 15) is 4.79 Å². The molecule has 0 saturated carbocycles. The standard InChI is InChI=1S/C15H11Cl2N3O/c16-13-4-3-12(7-14(13)17)20-15(21)11(8-18)6-10-2-1-5-19-9-10/h1-5,7,9,11H,6H2,(H,20,21)/t11-/m0/s1. The summed E-state index contributed by atoms with van der Waals surface area (Å²) in [6, 6.07) is 10.3. The van der Waals surface area contributed by atoms with Crippen molar-refractivity contribution >= 4 is 34.8 Å². The van der Waals surface area contributed by atoms with Crippen LogP contribution in [0.15, 0.2) is 42.7 Å². The predicted molar refractivity (Wildman–Crippen MR) is 82.1 cm³/mol. The zero-order valence-corrected chi connectivity index (χ0v) is 12.4. The van der Waals surface area contributed by atoms with Gasteiger partial charge >= 0.3 is 0 Å². The van der Waals surface area contributed by atoms with Crippen LogP contribution in [0.5, 0.6) is 0 Å². The second-order valence-corrected chi connectivity index (χ2v) is 5.18. The van der Waals surface area contributed by atoms with Gasteiger partial charge in [0.25, 0.3) is 0 Å². The van der Waals surface area contributed by atoms with Gasteiger partial charge in [0.15, 0.2) is 0 Å². The van der Waals surface area contributed by atoms with Gasteiger partial charge in [0, 0.05) is 18.1 Å². The third kappa shape index (κ3) is 4.19. The van der Waals surface area contributed by atoms with Crippen molar-refractivity contribution in [1.82, 2.24) is 4.98 Å². The van der Waals surface area contributed by atoms with Crippen LogP contribution in [0.25, 0.3) is 0 Å². The number of anilines is 1. The van der Waals surface area contributed by atoms with E-state index in [1.807, 2.05) is 12.1 Å². The van der Waals surface area contributed by atoms with Crippen molar-refractivity contribution in [1.29, 1.82) is 5.26 Å². The molecule has 6 heteroatoms. The number of amides is 1. The van der Waals surface area contributed by atoms with E-state index in [0.717, 1.165) is 5.56 Å². The fourth-order valence-electron chi connectivity index (χ4n) is 1.75. The molecule has 1 N–H and O–H groups in total. The second-order valence-electron chi connectivity index (χ2n) is 4.37. The number of nitrogens with one attached hydrogen (secondary N) is 1. The van der Waals surface area contributed by atoms with E-state index in [1.165, 1.54) is 0 Å². The highest BCUT2D eigenvalue weighted by Crippen LogP contribution is 2.25. The molecule has 0 radical (unpaired) electrons. The van der Waals surface area contributed by atoms with Gasteiger partial charge in [-0.05, 0) is 36.2 Å². The highest BCUT2D eigenvalue weighted by Gasteiger charge is 2.19. The Hall–Kier alpha value is -2.09. The van der Waals surface area contributed by atoms with Crippen molar-refractivity contribution < 1.29 is 4.79 Å². The van der Waals surface area contributed by atoms with Crippen molar-refractivity contribution in [2.75, 3.05) is 5.32 Å². The van der Waals surface area contributed by atoms with E-state index in [-0.39, 0.29) is 5.91 Å². The van der Waals surface area contributed by atoms with Crippen LogP contribution in [-0.2, 0) is 11.2 Å². The first-order valence-corrected chi connectivity index (χ1v) is 6.90. The molecule has 1 amide bonds. The number of hydrogen-bond acceptors (Lipinski definition) is 3. The van der Waals surface area contributed by atoms with Crippen LogP contribution in [0.1, 0.15) is 5.56 Å². The lowest BCUT2D eigenvalue weighted by atomic mass is 10.0. The van der Waals surface area contributed by atoms with Crippen molar-refractivity contribution in [3.05, 3.63) is 58.3 Å². The van der Waals surface area contributed by atoms with Crippen LogP contribution in [-0.4, -0.2) is 10.9 Å². The van der Waals surface area contributed by atoms with E-state index >= 15 is 0 Å². The largest absolute Gasteiger partial charge is 0.325 e. The lowest BCUT2D eigenvalue weighted by Crippen LogP contribution is -2.23. The zero-order valence-electron chi connectivity index (χ0n) is 10.9. The Kier molecular flexibility index (Phi) is 5.15. The highest BCUT2D eigenvalue weighted by atomic mass is 35.5. The zero-order chi connectivity index (χ0) is 15.2. The molecule has 0 aliphatic heterocycles. The van der Waals surface area contributed by atoms with Gasteiger partial charge in [-0.25, -0.2) is 0 Å². The van der Waals surface area contributed by atoms with Crippen LogP contribution in [0, 0.1) is 17.2 Å². The van der Waals surface area contributed by atoms with E-state index in [1.54, 1.807) is 36.7 Å². The maximum atomic E-state index is 12.1. The monoisotopic (exact) mass is 319 g/mol. The van der Waals surface area contributed by atoms with Gasteiger partial charge in [-0.3, -0.25) is 9.78 Å². The van der Waals surface area contributed by atoms with Gasteiger partial charge < -0.3 is 5.32 Å². The predicted octanol–water partition coefficient (Wildman–Crippen LogP) is 3.71. The van der Waals surface area contributed by atoms with Crippen molar-refractivity contribution in [2.24, 2.45) is 5.92 Å². The smallest absolute Gasteiger partial charge is 0.242 e. The number of benzene rings is 1. The molecule has 2 aromatic rings.